The molecule has 0 aliphatic carbocycles. The van der Waals surface area contributed by atoms with Gasteiger partial charge in [0, 0.05) is 24.4 Å². The van der Waals surface area contributed by atoms with Crippen molar-refractivity contribution >= 4 is 40.7 Å². The Hall–Kier alpha value is -2.98. The minimum absolute atomic E-state index is 0.0654. The minimum Gasteiger partial charge on any atom is -0.363 e. The van der Waals surface area contributed by atoms with Crippen LogP contribution in [0.15, 0.2) is 41.4 Å². The fourth-order valence-electron chi connectivity index (χ4n) is 2.28. The highest BCUT2D eigenvalue weighted by atomic mass is 32.1. The van der Waals surface area contributed by atoms with E-state index in [1.807, 2.05) is 16.8 Å². The summed E-state index contributed by atoms with van der Waals surface area (Å²) >= 11 is 2.32. The average molecular weight is 387 g/mol. The van der Waals surface area contributed by atoms with Crippen LogP contribution in [0.2, 0.25) is 0 Å². The van der Waals surface area contributed by atoms with Crippen LogP contribution in [0.1, 0.15) is 16.1 Å². The average Bonchev–Trinajstić information content (AvgIpc) is 3.32. The molecule has 3 aromatic rings. The van der Waals surface area contributed by atoms with Gasteiger partial charge in [-0.25, -0.2) is 0 Å². The fraction of sp³-hybridized carbons (Fsp3) is 0.125. The van der Waals surface area contributed by atoms with E-state index in [0.717, 1.165) is 17.3 Å². The number of Topliss-reactive ketones (excluding diaryl/α,β-unsaturated/α-hetero) is 1. The molecule has 10 heteroatoms. The van der Waals surface area contributed by atoms with Gasteiger partial charge in [-0.3, -0.25) is 19.4 Å². The Labute approximate surface area is 156 Å². The Kier molecular flexibility index (Phi) is 5.44. The first-order chi connectivity index (χ1) is 12.6. The van der Waals surface area contributed by atoms with Gasteiger partial charge in [0.1, 0.15) is 11.7 Å². The van der Waals surface area contributed by atoms with Crippen molar-refractivity contribution in [3.63, 3.8) is 0 Å². The quantitative estimate of drug-likeness (QED) is 0.583. The van der Waals surface area contributed by atoms with Crippen LogP contribution < -0.4 is 11.1 Å². The summed E-state index contributed by atoms with van der Waals surface area (Å²) in [4.78, 5) is 40.0. The van der Waals surface area contributed by atoms with E-state index in [0.29, 0.717) is 11.3 Å². The fourth-order valence-corrected chi connectivity index (χ4v) is 3.53. The van der Waals surface area contributed by atoms with Gasteiger partial charge in [-0.1, -0.05) is 0 Å². The third-order valence-corrected chi connectivity index (χ3v) is 4.78. The van der Waals surface area contributed by atoms with E-state index in [1.165, 1.54) is 11.3 Å². The maximum atomic E-state index is 12.6. The molecule has 0 spiro atoms. The molecule has 0 saturated heterocycles. The van der Waals surface area contributed by atoms with Crippen molar-refractivity contribution in [2.75, 3.05) is 0 Å². The topological polar surface area (TPSA) is 128 Å². The van der Waals surface area contributed by atoms with Gasteiger partial charge in [0.2, 0.25) is 5.78 Å². The highest BCUT2D eigenvalue weighted by Gasteiger charge is 2.28. The first-order valence-electron chi connectivity index (χ1n) is 7.45. The molecule has 8 nitrogen and oxygen atoms in total. The lowest BCUT2D eigenvalue weighted by molar-refractivity contribution is -0.137. The number of hydrogen-bond acceptors (Lipinski definition) is 8. The molecule has 2 amide bonds. The molecule has 0 aliphatic rings. The lowest BCUT2D eigenvalue weighted by atomic mass is 10.0. The predicted molar refractivity (Wildman–Crippen MR) is 96.6 cm³/mol. The van der Waals surface area contributed by atoms with E-state index in [1.54, 1.807) is 24.5 Å². The van der Waals surface area contributed by atoms with Crippen LogP contribution in [0, 0.1) is 0 Å². The van der Waals surface area contributed by atoms with Crippen molar-refractivity contribution < 1.29 is 14.4 Å². The zero-order chi connectivity index (χ0) is 18.5. The van der Waals surface area contributed by atoms with Crippen LogP contribution >= 0.6 is 23.1 Å². The molecular formula is C16H13N5O3S2. The molecule has 132 valence electrons. The highest BCUT2D eigenvalue weighted by molar-refractivity contribution is 7.07. The summed E-state index contributed by atoms with van der Waals surface area (Å²) in [5, 5.41) is 6.22. The number of rotatable bonds is 7. The smallest absolute Gasteiger partial charge is 0.287 e. The van der Waals surface area contributed by atoms with Crippen molar-refractivity contribution in [2.24, 2.45) is 5.73 Å². The third kappa shape index (κ3) is 3.98. The molecular weight excluding hydrogens is 374 g/mol. The third-order valence-electron chi connectivity index (χ3n) is 3.52. The molecule has 0 fully saturated rings. The summed E-state index contributed by atoms with van der Waals surface area (Å²) < 4.78 is 8.14. The Morgan fingerprint density at radius 3 is 2.73 bits per heavy atom. The monoisotopic (exact) mass is 387 g/mol. The molecule has 26 heavy (non-hydrogen) atoms. The normalized spacial score (nSPS) is 11.7. The second kappa shape index (κ2) is 7.93. The van der Waals surface area contributed by atoms with Gasteiger partial charge in [0.25, 0.3) is 11.8 Å². The zero-order valence-electron chi connectivity index (χ0n) is 13.3. The van der Waals surface area contributed by atoms with Gasteiger partial charge < -0.3 is 11.1 Å². The number of aromatic nitrogens is 3. The minimum atomic E-state index is -1.10. The van der Waals surface area contributed by atoms with Crippen LogP contribution in [0.4, 0.5) is 0 Å². The van der Waals surface area contributed by atoms with Crippen molar-refractivity contribution in [3.05, 3.63) is 52.6 Å². The van der Waals surface area contributed by atoms with E-state index >= 15 is 0 Å². The summed E-state index contributed by atoms with van der Waals surface area (Å²) in [5.74, 6) is -2.57. The maximum Gasteiger partial charge on any atom is 0.287 e. The van der Waals surface area contributed by atoms with E-state index < -0.39 is 23.6 Å². The molecule has 0 aliphatic heterocycles. The van der Waals surface area contributed by atoms with Gasteiger partial charge >= 0.3 is 0 Å². The number of carbonyl (C=O) groups excluding carboxylic acids is 3. The summed E-state index contributed by atoms with van der Waals surface area (Å²) in [7, 11) is 0. The van der Waals surface area contributed by atoms with Crippen LogP contribution in [-0.2, 0) is 16.0 Å². The second-order valence-corrected chi connectivity index (χ2v) is 6.60. The van der Waals surface area contributed by atoms with E-state index in [-0.39, 0.29) is 12.1 Å². The van der Waals surface area contributed by atoms with Crippen molar-refractivity contribution in [2.45, 2.75) is 12.5 Å². The number of amides is 2. The van der Waals surface area contributed by atoms with E-state index in [9.17, 15) is 14.4 Å². The Balaban J connectivity index is 1.83. The Bertz CT molecular complexity index is 925. The lowest BCUT2D eigenvalue weighted by Gasteiger charge is -2.15. The Morgan fingerprint density at radius 1 is 1.23 bits per heavy atom. The van der Waals surface area contributed by atoms with Crippen LogP contribution in [0.5, 0.6) is 0 Å². The van der Waals surface area contributed by atoms with Crippen LogP contribution in [0.25, 0.3) is 11.3 Å². The Morgan fingerprint density at radius 2 is 2.08 bits per heavy atom. The molecule has 1 atom stereocenters. The number of hydrogen-bond donors (Lipinski definition) is 2. The number of carbonyl (C=O) groups is 3. The molecule has 0 bridgehead atoms. The maximum absolute atomic E-state index is 12.6. The number of nitrogens with zero attached hydrogens (tertiary/aromatic N) is 3. The highest BCUT2D eigenvalue weighted by Crippen LogP contribution is 2.21. The number of primary amides is 1. The molecule has 3 aromatic heterocycles. The number of nitrogens with two attached hydrogens (primary N) is 1. The van der Waals surface area contributed by atoms with E-state index in [4.69, 9.17) is 5.73 Å². The number of pyridine rings is 1. The van der Waals surface area contributed by atoms with Gasteiger partial charge in [-0.2, -0.15) is 20.1 Å². The van der Waals surface area contributed by atoms with Crippen LogP contribution in [-0.4, -0.2) is 37.4 Å². The largest absolute Gasteiger partial charge is 0.363 e. The summed E-state index contributed by atoms with van der Waals surface area (Å²) in [6.45, 7) is 0. The van der Waals surface area contributed by atoms with Gasteiger partial charge in [-0.05, 0) is 34.5 Å². The van der Waals surface area contributed by atoms with Crippen molar-refractivity contribution in [1.82, 2.24) is 19.0 Å². The number of thiophene rings is 1. The number of ketones is 1. The molecule has 0 radical (unpaired) electrons. The summed E-state index contributed by atoms with van der Waals surface area (Å²) in [6.07, 6.45) is 3.33. The second-order valence-electron chi connectivity index (χ2n) is 5.29. The SMILES string of the molecule is NC(=O)C(=O)C(Cc1ccsc1)NC(=O)c1nsnc1-c1cccnc1. The van der Waals surface area contributed by atoms with Crippen molar-refractivity contribution in [1.29, 1.82) is 0 Å². The van der Waals surface area contributed by atoms with Gasteiger partial charge in [0.15, 0.2) is 5.69 Å². The van der Waals surface area contributed by atoms with Gasteiger partial charge in [-0.15, -0.1) is 0 Å². The lowest BCUT2D eigenvalue weighted by Crippen LogP contribution is -2.47. The van der Waals surface area contributed by atoms with Crippen molar-refractivity contribution in [3.8, 4) is 11.3 Å². The first kappa shape index (κ1) is 17.8. The molecule has 1 unspecified atom stereocenters. The standard InChI is InChI=1S/C16H13N5O3S2/c17-15(23)14(22)11(6-9-3-5-25-8-9)19-16(24)13-12(20-26-21-13)10-2-1-4-18-7-10/h1-5,7-8,11H,6H2,(H2,17,23)(H,19,24). The molecule has 3 heterocycles. The molecule has 3 rings (SSSR count). The molecule has 0 saturated carbocycles. The van der Waals surface area contributed by atoms with E-state index in [2.05, 4.69) is 19.0 Å². The van der Waals surface area contributed by atoms with Crippen LogP contribution in [0.3, 0.4) is 0 Å². The molecule has 0 aromatic carbocycles. The zero-order valence-corrected chi connectivity index (χ0v) is 14.9. The first-order valence-corrected chi connectivity index (χ1v) is 9.12. The summed E-state index contributed by atoms with van der Waals surface area (Å²) in [6, 6.07) is 4.20. The summed E-state index contributed by atoms with van der Waals surface area (Å²) in [5.41, 5.74) is 6.98. The number of nitrogens with one attached hydrogen (secondary N) is 1. The molecule has 3 N–H and O–H groups in total. The van der Waals surface area contributed by atoms with Gasteiger partial charge in [0.05, 0.1) is 11.7 Å². The predicted octanol–water partition coefficient (Wildman–Crippen LogP) is 1.06.